The first-order valence-electron chi connectivity index (χ1n) is 5.17. The van der Waals surface area contributed by atoms with Gasteiger partial charge in [-0.3, -0.25) is 4.79 Å². The Bertz CT molecular complexity index is 449. The molecule has 2 rings (SSSR count). The zero-order valence-corrected chi connectivity index (χ0v) is 10.6. The first-order chi connectivity index (χ1) is 8.01. The maximum atomic E-state index is 13.5. The SMILES string of the molecule is O=C(O)CC1(Nc2cc(Br)ccc2F)CNC1. The lowest BCUT2D eigenvalue weighted by Crippen LogP contribution is -2.65. The third kappa shape index (κ3) is 2.76. The fourth-order valence-electron chi connectivity index (χ4n) is 1.85. The van der Waals surface area contributed by atoms with E-state index in [4.69, 9.17) is 5.11 Å². The highest BCUT2D eigenvalue weighted by atomic mass is 79.9. The van der Waals surface area contributed by atoms with Crippen LogP contribution in [0.5, 0.6) is 0 Å². The Balaban J connectivity index is 2.18. The van der Waals surface area contributed by atoms with Crippen molar-refractivity contribution in [2.75, 3.05) is 18.4 Å². The van der Waals surface area contributed by atoms with Gasteiger partial charge in [0.05, 0.1) is 17.6 Å². The highest BCUT2D eigenvalue weighted by molar-refractivity contribution is 9.10. The third-order valence-electron chi connectivity index (χ3n) is 2.74. The largest absolute Gasteiger partial charge is 0.481 e. The average molecular weight is 303 g/mol. The van der Waals surface area contributed by atoms with Crippen molar-refractivity contribution in [2.24, 2.45) is 0 Å². The molecule has 0 aliphatic carbocycles. The molecule has 6 heteroatoms. The van der Waals surface area contributed by atoms with Crippen molar-refractivity contribution < 1.29 is 14.3 Å². The average Bonchev–Trinajstić information content (AvgIpc) is 2.19. The normalized spacial score (nSPS) is 17.3. The molecule has 1 saturated heterocycles. The number of anilines is 1. The Morgan fingerprint density at radius 1 is 1.59 bits per heavy atom. The van der Waals surface area contributed by atoms with E-state index in [9.17, 15) is 9.18 Å². The zero-order chi connectivity index (χ0) is 12.5. The minimum absolute atomic E-state index is 0.0358. The molecule has 0 saturated carbocycles. The molecule has 17 heavy (non-hydrogen) atoms. The van der Waals surface area contributed by atoms with Gasteiger partial charge in [-0.05, 0) is 18.2 Å². The second-order valence-electron chi connectivity index (χ2n) is 4.20. The molecule has 0 aromatic heterocycles. The van der Waals surface area contributed by atoms with Crippen molar-refractivity contribution in [3.8, 4) is 0 Å². The summed E-state index contributed by atoms with van der Waals surface area (Å²) < 4.78 is 14.3. The summed E-state index contributed by atoms with van der Waals surface area (Å²) >= 11 is 3.26. The van der Waals surface area contributed by atoms with E-state index >= 15 is 0 Å². The van der Waals surface area contributed by atoms with Crippen LogP contribution in [-0.4, -0.2) is 29.7 Å². The summed E-state index contributed by atoms with van der Waals surface area (Å²) in [4.78, 5) is 10.8. The summed E-state index contributed by atoms with van der Waals surface area (Å²) in [6, 6.07) is 4.55. The van der Waals surface area contributed by atoms with E-state index in [0.717, 1.165) is 4.47 Å². The first kappa shape index (κ1) is 12.3. The van der Waals surface area contributed by atoms with E-state index < -0.39 is 11.5 Å². The van der Waals surface area contributed by atoms with Gasteiger partial charge in [-0.2, -0.15) is 0 Å². The molecule has 0 radical (unpaired) electrons. The summed E-state index contributed by atoms with van der Waals surface area (Å²) in [5.41, 5.74) is -0.268. The monoisotopic (exact) mass is 302 g/mol. The number of carbonyl (C=O) groups is 1. The fourth-order valence-corrected chi connectivity index (χ4v) is 2.21. The number of hydrogen-bond acceptors (Lipinski definition) is 3. The first-order valence-corrected chi connectivity index (χ1v) is 5.96. The van der Waals surface area contributed by atoms with Crippen molar-refractivity contribution in [3.63, 3.8) is 0 Å². The van der Waals surface area contributed by atoms with Crippen LogP contribution >= 0.6 is 15.9 Å². The number of hydrogen-bond donors (Lipinski definition) is 3. The lowest BCUT2D eigenvalue weighted by Gasteiger charge is -2.43. The molecule has 1 aliphatic rings. The number of nitrogens with one attached hydrogen (secondary N) is 2. The Morgan fingerprint density at radius 2 is 2.29 bits per heavy atom. The van der Waals surface area contributed by atoms with Crippen molar-refractivity contribution in [1.29, 1.82) is 0 Å². The summed E-state index contributed by atoms with van der Waals surface area (Å²) in [5.74, 6) is -1.28. The van der Waals surface area contributed by atoms with E-state index in [2.05, 4.69) is 26.6 Å². The van der Waals surface area contributed by atoms with Gasteiger partial charge in [0.15, 0.2) is 0 Å². The summed E-state index contributed by atoms with van der Waals surface area (Å²) in [5, 5.41) is 14.8. The predicted molar refractivity (Wildman–Crippen MR) is 65.6 cm³/mol. The molecule has 0 atom stereocenters. The minimum Gasteiger partial charge on any atom is -0.481 e. The Hall–Kier alpha value is -1.14. The van der Waals surface area contributed by atoms with Gasteiger partial charge in [0.1, 0.15) is 5.82 Å². The van der Waals surface area contributed by atoms with E-state index in [1.165, 1.54) is 6.07 Å². The van der Waals surface area contributed by atoms with Gasteiger partial charge in [0.25, 0.3) is 0 Å². The second kappa shape index (κ2) is 4.62. The molecule has 0 amide bonds. The van der Waals surface area contributed by atoms with Gasteiger partial charge in [-0.1, -0.05) is 15.9 Å². The molecule has 4 nitrogen and oxygen atoms in total. The molecule has 3 N–H and O–H groups in total. The minimum atomic E-state index is -0.894. The molecule has 0 bridgehead atoms. The second-order valence-corrected chi connectivity index (χ2v) is 5.12. The van der Waals surface area contributed by atoms with Crippen LogP contribution in [0.3, 0.4) is 0 Å². The van der Waals surface area contributed by atoms with E-state index in [1.807, 2.05) is 0 Å². The van der Waals surface area contributed by atoms with Gasteiger partial charge in [0.2, 0.25) is 0 Å². The maximum absolute atomic E-state index is 13.5. The lowest BCUT2D eigenvalue weighted by molar-refractivity contribution is -0.138. The summed E-state index contributed by atoms with van der Waals surface area (Å²) in [6.45, 7) is 1.04. The van der Waals surface area contributed by atoms with E-state index in [-0.39, 0.29) is 12.2 Å². The van der Waals surface area contributed by atoms with Crippen LogP contribution in [0.15, 0.2) is 22.7 Å². The molecule has 1 aliphatic heterocycles. The van der Waals surface area contributed by atoms with Gasteiger partial charge in [-0.15, -0.1) is 0 Å². The molecule has 1 heterocycles. The molecule has 0 spiro atoms. The van der Waals surface area contributed by atoms with Crippen molar-refractivity contribution in [2.45, 2.75) is 12.0 Å². The Morgan fingerprint density at radius 3 is 2.82 bits per heavy atom. The summed E-state index contributed by atoms with van der Waals surface area (Å²) in [6.07, 6.45) is -0.0358. The molecular formula is C11H12BrFN2O2. The highest BCUT2D eigenvalue weighted by Gasteiger charge is 2.39. The van der Waals surface area contributed by atoms with Crippen LogP contribution < -0.4 is 10.6 Å². The Labute approximate surface area is 106 Å². The number of rotatable bonds is 4. The molecule has 1 aromatic carbocycles. The zero-order valence-electron chi connectivity index (χ0n) is 8.96. The highest BCUT2D eigenvalue weighted by Crippen LogP contribution is 2.27. The molecule has 1 aromatic rings. The Kier molecular flexibility index (Phi) is 3.35. The van der Waals surface area contributed by atoms with Crippen LogP contribution in [0.1, 0.15) is 6.42 Å². The number of halogens is 2. The summed E-state index contributed by atoms with van der Waals surface area (Å²) in [7, 11) is 0. The van der Waals surface area contributed by atoms with Crippen molar-refractivity contribution >= 4 is 27.6 Å². The quantitative estimate of drug-likeness (QED) is 0.794. The number of carboxylic acid groups (broad SMARTS) is 1. The molecular weight excluding hydrogens is 291 g/mol. The van der Waals surface area contributed by atoms with Crippen LogP contribution in [0.4, 0.5) is 10.1 Å². The maximum Gasteiger partial charge on any atom is 0.305 e. The number of benzene rings is 1. The standard InChI is InChI=1S/C11H12BrFN2O2/c12-7-1-2-8(13)9(3-7)15-11(4-10(16)17)5-14-6-11/h1-3,14-15H,4-6H2,(H,16,17). The molecule has 92 valence electrons. The van der Waals surface area contributed by atoms with Crippen LogP contribution in [0.2, 0.25) is 0 Å². The van der Waals surface area contributed by atoms with Crippen LogP contribution in [0.25, 0.3) is 0 Å². The van der Waals surface area contributed by atoms with Crippen LogP contribution in [0, 0.1) is 5.82 Å². The number of aliphatic carboxylic acids is 1. The molecule has 0 unspecified atom stereocenters. The van der Waals surface area contributed by atoms with Crippen molar-refractivity contribution in [1.82, 2.24) is 5.32 Å². The molecule has 1 fully saturated rings. The van der Waals surface area contributed by atoms with Gasteiger partial charge in [0, 0.05) is 17.6 Å². The van der Waals surface area contributed by atoms with Crippen molar-refractivity contribution in [3.05, 3.63) is 28.5 Å². The van der Waals surface area contributed by atoms with Gasteiger partial charge < -0.3 is 15.7 Å². The fraction of sp³-hybridized carbons (Fsp3) is 0.364. The smallest absolute Gasteiger partial charge is 0.305 e. The van der Waals surface area contributed by atoms with Gasteiger partial charge in [-0.25, -0.2) is 4.39 Å². The predicted octanol–water partition coefficient (Wildman–Crippen LogP) is 1.82. The topological polar surface area (TPSA) is 61.4 Å². The number of carboxylic acids is 1. The third-order valence-corrected chi connectivity index (χ3v) is 3.24. The van der Waals surface area contributed by atoms with Gasteiger partial charge >= 0.3 is 5.97 Å². The van der Waals surface area contributed by atoms with Crippen LogP contribution in [-0.2, 0) is 4.79 Å². The van der Waals surface area contributed by atoms with E-state index in [0.29, 0.717) is 18.8 Å². The van der Waals surface area contributed by atoms with E-state index in [1.54, 1.807) is 12.1 Å². The lowest BCUT2D eigenvalue weighted by atomic mass is 9.88.